The fourth-order valence-electron chi connectivity index (χ4n) is 5.05. The molecular formula is C28H29FN4O2S. The van der Waals surface area contributed by atoms with Crippen LogP contribution >= 0.6 is 11.3 Å². The topological polar surface area (TPSA) is 79.6 Å². The molecule has 36 heavy (non-hydrogen) atoms. The summed E-state index contributed by atoms with van der Waals surface area (Å²) in [6, 6.07) is 16.7. The Hall–Kier alpha value is -3.25. The second-order valence-electron chi connectivity index (χ2n) is 9.47. The Morgan fingerprint density at radius 1 is 1.11 bits per heavy atom. The normalized spacial score (nSPS) is 19.9. The number of aliphatic hydroxyl groups is 1. The van der Waals surface area contributed by atoms with Crippen molar-refractivity contribution in [3.8, 4) is 27.6 Å². The summed E-state index contributed by atoms with van der Waals surface area (Å²) in [5.41, 5.74) is 3.39. The van der Waals surface area contributed by atoms with E-state index in [1.807, 2.05) is 48.3 Å². The number of nitrogens with one attached hydrogen (secondary N) is 1. The first-order valence-corrected chi connectivity index (χ1v) is 13.1. The molecule has 2 fully saturated rings. The zero-order chi connectivity index (χ0) is 25.2. The van der Waals surface area contributed by atoms with Crippen molar-refractivity contribution in [1.82, 2.24) is 10.2 Å². The van der Waals surface area contributed by atoms with Gasteiger partial charge in [0.25, 0.3) is 5.91 Å². The monoisotopic (exact) mass is 504 g/mol. The molecule has 3 aromatic rings. The Labute approximate surface area is 214 Å². The maximum Gasteiger partial charge on any atom is 0.264 e. The number of amides is 1. The molecule has 2 unspecified atom stereocenters. The lowest BCUT2D eigenvalue weighted by Gasteiger charge is -2.32. The van der Waals surface area contributed by atoms with Gasteiger partial charge in [-0.05, 0) is 67.8 Å². The predicted molar refractivity (Wildman–Crippen MR) is 141 cm³/mol. The van der Waals surface area contributed by atoms with Gasteiger partial charge < -0.3 is 20.2 Å². The highest BCUT2D eigenvalue weighted by molar-refractivity contribution is 7.18. The number of anilines is 1. The van der Waals surface area contributed by atoms with Gasteiger partial charge in [-0.1, -0.05) is 18.2 Å². The molecule has 186 valence electrons. The number of nitriles is 1. The number of hydrogen-bond acceptors (Lipinski definition) is 6. The number of hydrogen-bond donors (Lipinski definition) is 2. The maximum atomic E-state index is 14.5. The quantitative estimate of drug-likeness (QED) is 0.535. The first-order valence-electron chi connectivity index (χ1n) is 12.3. The molecule has 2 N–H and O–H groups in total. The molecule has 2 aliphatic rings. The van der Waals surface area contributed by atoms with Crippen molar-refractivity contribution in [2.45, 2.75) is 31.4 Å². The first-order chi connectivity index (χ1) is 17.5. The van der Waals surface area contributed by atoms with Gasteiger partial charge in [-0.15, -0.1) is 11.3 Å². The van der Waals surface area contributed by atoms with Crippen LogP contribution in [0.15, 0.2) is 48.5 Å². The number of aliphatic hydroxyl groups excluding tert-OH is 1. The van der Waals surface area contributed by atoms with E-state index < -0.39 is 5.82 Å². The Morgan fingerprint density at radius 3 is 2.56 bits per heavy atom. The van der Waals surface area contributed by atoms with Gasteiger partial charge in [-0.2, -0.15) is 5.26 Å². The van der Waals surface area contributed by atoms with Gasteiger partial charge in [-0.3, -0.25) is 4.79 Å². The lowest BCUT2D eigenvalue weighted by atomic mass is 10.0. The van der Waals surface area contributed by atoms with Gasteiger partial charge in [0, 0.05) is 48.3 Å². The van der Waals surface area contributed by atoms with Gasteiger partial charge in [0.2, 0.25) is 0 Å². The van der Waals surface area contributed by atoms with Crippen molar-refractivity contribution in [2.75, 3.05) is 38.1 Å². The van der Waals surface area contributed by atoms with E-state index in [9.17, 15) is 14.3 Å². The van der Waals surface area contributed by atoms with Crippen LogP contribution in [0.3, 0.4) is 0 Å². The standard InChI is InChI=1S/C28H29FN4O2S/c1-31-21-3-2-11-33(16-21)28(35)26-14-24(19-4-5-20(15-30)25(29)13-19)27(36-26)18-6-8-22(9-7-18)32-12-10-23(34)17-32/h4-9,13-14,21,23,31,34H,2-3,10-12,16-17H2,1H3. The highest BCUT2D eigenvalue weighted by Crippen LogP contribution is 2.41. The second kappa shape index (κ2) is 10.4. The number of β-amino-alcohol motifs (C(OH)–C–C–N with tert-alkyl or cyclic N) is 1. The molecule has 2 atom stereocenters. The summed E-state index contributed by atoms with van der Waals surface area (Å²) >= 11 is 1.42. The van der Waals surface area contributed by atoms with E-state index in [2.05, 4.69) is 10.2 Å². The number of likely N-dealkylation sites (tertiary alicyclic amines) is 1. The van der Waals surface area contributed by atoms with Crippen LogP contribution in [0.1, 0.15) is 34.5 Å². The minimum absolute atomic E-state index is 0.00425. The van der Waals surface area contributed by atoms with Crippen LogP contribution in [0.4, 0.5) is 10.1 Å². The van der Waals surface area contributed by atoms with Crippen molar-refractivity contribution < 1.29 is 14.3 Å². The van der Waals surface area contributed by atoms with Crippen molar-refractivity contribution >= 4 is 22.9 Å². The molecule has 2 aliphatic heterocycles. The van der Waals surface area contributed by atoms with E-state index >= 15 is 0 Å². The number of carbonyl (C=O) groups excluding carboxylic acids is 1. The van der Waals surface area contributed by atoms with Crippen LogP contribution in [-0.4, -0.2) is 61.3 Å². The Kier molecular flexibility index (Phi) is 7.06. The van der Waals surface area contributed by atoms with Gasteiger partial charge in [0.15, 0.2) is 0 Å². The number of carbonyl (C=O) groups is 1. The first kappa shape index (κ1) is 24.4. The molecule has 0 bridgehead atoms. The third-order valence-electron chi connectivity index (χ3n) is 7.12. The fraction of sp³-hybridized carbons (Fsp3) is 0.357. The van der Waals surface area contributed by atoms with E-state index in [1.54, 1.807) is 6.07 Å². The number of thiophene rings is 1. The number of piperidine rings is 1. The summed E-state index contributed by atoms with van der Waals surface area (Å²) < 4.78 is 14.5. The zero-order valence-electron chi connectivity index (χ0n) is 20.2. The van der Waals surface area contributed by atoms with Crippen LogP contribution in [0.5, 0.6) is 0 Å². The molecular weight excluding hydrogens is 475 g/mol. The molecule has 2 aromatic carbocycles. The van der Waals surface area contributed by atoms with Crippen molar-refractivity contribution in [1.29, 1.82) is 5.26 Å². The van der Waals surface area contributed by atoms with E-state index in [4.69, 9.17) is 5.26 Å². The summed E-state index contributed by atoms with van der Waals surface area (Å²) in [7, 11) is 1.92. The summed E-state index contributed by atoms with van der Waals surface area (Å²) in [4.78, 5) is 19.0. The Bertz CT molecular complexity index is 1300. The third-order valence-corrected chi connectivity index (χ3v) is 8.29. The van der Waals surface area contributed by atoms with E-state index in [0.717, 1.165) is 54.0 Å². The number of rotatable bonds is 5. The van der Waals surface area contributed by atoms with Crippen molar-refractivity contribution in [2.24, 2.45) is 0 Å². The lowest BCUT2D eigenvalue weighted by Crippen LogP contribution is -2.46. The maximum absolute atomic E-state index is 14.5. The third kappa shape index (κ3) is 4.87. The number of halogens is 1. The van der Waals surface area contributed by atoms with Gasteiger partial charge in [0.05, 0.1) is 16.5 Å². The van der Waals surface area contributed by atoms with E-state index in [1.165, 1.54) is 23.5 Å². The average Bonchev–Trinajstić information content (AvgIpc) is 3.55. The van der Waals surface area contributed by atoms with Crippen LogP contribution in [0, 0.1) is 17.1 Å². The molecule has 3 heterocycles. The number of benzene rings is 2. The van der Waals surface area contributed by atoms with Crippen LogP contribution in [0.25, 0.3) is 21.6 Å². The summed E-state index contributed by atoms with van der Waals surface area (Å²) in [6.45, 7) is 2.83. The lowest BCUT2D eigenvalue weighted by molar-refractivity contribution is 0.0703. The summed E-state index contributed by atoms with van der Waals surface area (Å²) in [5.74, 6) is -0.583. The van der Waals surface area contributed by atoms with E-state index in [0.29, 0.717) is 23.5 Å². The fourth-order valence-corrected chi connectivity index (χ4v) is 6.21. The highest BCUT2D eigenvalue weighted by atomic mass is 32.1. The molecule has 2 saturated heterocycles. The molecule has 5 rings (SSSR count). The smallest absolute Gasteiger partial charge is 0.264 e. The van der Waals surface area contributed by atoms with Gasteiger partial charge in [-0.25, -0.2) is 4.39 Å². The van der Waals surface area contributed by atoms with Crippen LogP contribution in [-0.2, 0) is 0 Å². The molecule has 1 aromatic heterocycles. The molecule has 8 heteroatoms. The van der Waals surface area contributed by atoms with Gasteiger partial charge in [0.1, 0.15) is 11.9 Å². The largest absolute Gasteiger partial charge is 0.391 e. The summed E-state index contributed by atoms with van der Waals surface area (Å²) in [6.07, 6.45) is 2.46. The molecule has 6 nitrogen and oxygen atoms in total. The molecule has 0 aliphatic carbocycles. The van der Waals surface area contributed by atoms with E-state index in [-0.39, 0.29) is 23.6 Å². The predicted octanol–water partition coefficient (Wildman–Crippen LogP) is 4.49. The number of likely N-dealkylation sites (N-methyl/N-ethyl adjacent to an activating group) is 1. The molecule has 0 spiro atoms. The minimum atomic E-state index is -0.573. The van der Waals surface area contributed by atoms with Crippen molar-refractivity contribution in [3.05, 3.63) is 64.8 Å². The second-order valence-corrected chi connectivity index (χ2v) is 10.5. The van der Waals surface area contributed by atoms with Crippen molar-refractivity contribution in [3.63, 3.8) is 0 Å². The molecule has 0 radical (unpaired) electrons. The highest BCUT2D eigenvalue weighted by Gasteiger charge is 2.27. The van der Waals surface area contributed by atoms with Crippen LogP contribution < -0.4 is 10.2 Å². The Balaban J connectivity index is 1.52. The zero-order valence-corrected chi connectivity index (χ0v) is 21.0. The Morgan fingerprint density at radius 2 is 1.89 bits per heavy atom. The minimum Gasteiger partial charge on any atom is -0.391 e. The summed E-state index contributed by atoms with van der Waals surface area (Å²) in [5, 5.41) is 22.3. The number of nitrogens with zero attached hydrogens (tertiary/aromatic N) is 3. The molecule has 0 saturated carbocycles. The van der Waals surface area contributed by atoms with Crippen LogP contribution in [0.2, 0.25) is 0 Å². The van der Waals surface area contributed by atoms with Gasteiger partial charge >= 0.3 is 0 Å². The average molecular weight is 505 g/mol. The molecule has 1 amide bonds. The SMILES string of the molecule is CNC1CCCN(C(=O)c2cc(-c3ccc(C#N)c(F)c3)c(-c3ccc(N4CCC(O)C4)cc3)s2)C1.